The topological polar surface area (TPSA) is 85.1 Å². The molecule has 0 unspecified atom stereocenters. The second-order valence-electron chi connectivity index (χ2n) is 4.57. The van der Waals surface area contributed by atoms with Gasteiger partial charge in [-0.15, -0.1) is 11.3 Å². The largest absolute Gasteiger partial charge is 0.366 e. The quantitative estimate of drug-likeness (QED) is 0.845. The summed E-state index contributed by atoms with van der Waals surface area (Å²) in [4.78, 5) is 27.7. The van der Waals surface area contributed by atoms with Gasteiger partial charge in [-0.3, -0.25) is 9.59 Å². The fourth-order valence-electron chi connectivity index (χ4n) is 1.81. The van der Waals surface area contributed by atoms with Crippen molar-refractivity contribution < 1.29 is 9.59 Å². The van der Waals surface area contributed by atoms with Gasteiger partial charge in [-0.05, 0) is 38.1 Å². The minimum absolute atomic E-state index is 0.165. The summed E-state index contributed by atoms with van der Waals surface area (Å²) in [5, 5.41) is 3.60. The molecular formula is C16H15N3O2S. The van der Waals surface area contributed by atoms with E-state index in [1.165, 1.54) is 11.3 Å². The van der Waals surface area contributed by atoms with Crippen molar-refractivity contribution in [3.63, 3.8) is 0 Å². The molecular weight excluding hydrogens is 298 g/mol. The number of rotatable bonds is 3. The molecule has 1 heterocycles. The van der Waals surface area contributed by atoms with E-state index in [-0.39, 0.29) is 12.5 Å². The van der Waals surface area contributed by atoms with Gasteiger partial charge in [0.05, 0.1) is 17.2 Å². The molecule has 0 aliphatic carbocycles. The smallest absolute Gasteiger partial charge is 0.264 e. The van der Waals surface area contributed by atoms with Crippen LogP contribution in [0.4, 0.5) is 0 Å². The van der Waals surface area contributed by atoms with Gasteiger partial charge in [-0.25, -0.2) is 4.98 Å². The molecule has 0 bridgehead atoms. The van der Waals surface area contributed by atoms with Crippen molar-refractivity contribution >= 4 is 23.2 Å². The normalized spacial score (nSPS) is 9.73. The number of hydrogen-bond donors (Lipinski definition) is 2. The molecule has 5 nitrogen and oxygen atoms in total. The van der Waals surface area contributed by atoms with Gasteiger partial charge < -0.3 is 11.1 Å². The first-order chi connectivity index (χ1) is 10.5. The summed E-state index contributed by atoms with van der Waals surface area (Å²) in [6.45, 7) is 3.92. The Bertz CT molecular complexity index is 767. The highest BCUT2D eigenvalue weighted by atomic mass is 32.1. The summed E-state index contributed by atoms with van der Waals surface area (Å²) in [7, 11) is 0. The van der Waals surface area contributed by atoms with Gasteiger partial charge in [0, 0.05) is 11.1 Å². The zero-order valence-electron chi connectivity index (χ0n) is 12.3. The molecule has 2 rings (SSSR count). The first-order valence-corrected chi connectivity index (χ1v) is 7.40. The molecule has 6 heteroatoms. The van der Waals surface area contributed by atoms with E-state index in [2.05, 4.69) is 22.1 Å². The summed E-state index contributed by atoms with van der Waals surface area (Å²) in [6.07, 6.45) is 0. The SMILES string of the molecule is Cc1nc(C)c(C(=O)NCC#Cc2ccc(C(N)=O)cc2)s1. The number of aromatic nitrogens is 1. The number of aryl methyl sites for hydroxylation is 2. The maximum atomic E-state index is 11.9. The van der Waals surface area contributed by atoms with E-state index in [9.17, 15) is 9.59 Å². The fourth-order valence-corrected chi connectivity index (χ4v) is 2.65. The number of benzene rings is 1. The summed E-state index contributed by atoms with van der Waals surface area (Å²) in [5.74, 6) is 5.14. The molecule has 22 heavy (non-hydrogen) atoms. The highest BCUT2D eigenvalue weighted by Gasteiger charge is 2.12. The average Bonchev–Trinajstić information content (AvgIpc) is 2.82. The molecule has 2 amide bonds. The number of carbonyl (C=O) groups is 2. The van der Waals surface area contributed by atoms with Crippen LogP contribution in [0.3, 0.4) is 0 Å². The molecule has 112 valence electrons. The number of nitrogens with two attached hydrogens (primary N) is 1. The molecule has 3 N–H and O–H groups in total. The van der Waals surface area contributed by atoms with Crippen LogP contribution in [-0.4, -0.2) is 23.3 Å². The van der Waals surface area contributed by atoms with E-state index in [0.29, 0.717) is 10.4 Å². The summed E-state index contributed by atoms with van der Waals surface area (Å²) >= 11 is 1.37. The molecule has 0 aliphatic rings. The van der Waals surface area contributed by atoms with Crippen molar-refractivity contribution in [2.75, 3.05) is 6.54 Å². The Hall–Kier alpha value is -2.65. The molecule has 0 radical (unpaired) electrons. The van der Waals surface area contributed by atoms with Gasteiger partial charge in [-0.1, -0.05) is 11.8 Å². The number of amides is 2. The number of hydrogen-bond acceptors (Lipinski definition) is 4. The van der Waals surface area contributed by atoms with Crippen molar-refractivity contribution in [3.05, 3.63) is 51.0 Å². The van der Waals surface area contributed by atoms with Crippen molar-refractivity contribution in [2.45, 2.75) is 13.8 Å². The molecule has 1 aromatic carbocycles. The maximum Gasteiger partial charge on any atom is 0.264 e. The lowest BCUT2D eigenvalue weighted by Crippen LogP contribution is -2.23. The molecule has 0 fully saturated rings. The Kier molecular flexibility index (Phi) is 4.92. The Morgan fingerprint density at radius 2 is 1.95 bits per heavy atom. The number of nitrogens with zero attached hydrogens (tertiary/aromatic N) is 1. The lowest BCUT2D eigenvalue weighted by molar-refractivity contribution is 0.0960. The van der Waals surface area contributed by atoms with Crippen molar-refractivity contribution in [1.82, 2.24) is 10.3 Å². The summed E-state index contributed by atoms with van der Waals surface area (Å²) < 4.78 is 0. The van der Waals surface area contributed by atoms with Gasteiger partial charge in [-0.2, -0.15) is 0 Å². The van der Waals surface area contributed by atoms with Crippen LogP contribution in [0.1, 0.15) is 36.3 Å². The van der Waals surface area contributed by atoms with Gasteiger partial charge >= 0.3 is 0 Å². The van der Waals surface area contributed by atoms with Gasteiger partial charge in [0.25, 0.3) is 5.91 Å². The van der Waals surface area contributed by atoms with E-state index in [0.717, 1.165) is 16.3 Å². The molecule has 0 aliphatic heterocycles. The Labute approximate surface area is 132 Å². The third-order valence-corrected chi connectivity index (χ3v) is 3.92. The standard InChI is InChI=1S/C16H15N3O2S/c1-10-14(22-11(2)19-10)16(21)18-9-3-4-12-5-7-13(8-6-12)15(17)20/h5-8H,9H2,1-2H3,(H2,17,20)(H,18,21). The van der Waals surface area contributed by atoms with E-state index in [4.69, 9.17) is 5.73 Å². The Morgan fingerprint density at radius 3 is 2.50 bits per heavy atom. The summed E-state index contributed by atoms with van der Waals surface area (Å²) in [6, 6.07) is 6.67. The van der Waals surface area contributed by atoms with Crippen LogP contribution in [0.15, 0.2) is 24.3 Å². The zero-order chi connectivity index (χ0) is 16.1. The number of carbonyl (C=O) groups excluding carboxylic acids is 2. The van der Waals surface area contributed by atoms with Crippen LogP contribution in [0.25, 0.3) is 0 Å². The third kappa shape index (κ3) is 3.93. The molecule has 0 spiro atoms. The minimum atomic E-state index is -0.470. The maximum absolute atomic E-state index is 11.9. The van der Waals surface area contributed by atoms with E-state index in [1.54, 1.807) is 24.3 Å². The Morgan fingerprint density at radius 1 is 1.27 bits per heavy atom. The zero-order valence-corrected chi connectivity index (χ0v) is 13.1. The van der Waals surface area contributed by atoms with Crippen LogP contribution in [0, 0.1) is 25.7 Å². The third-order valence-electron chi connectivity index (χ3n) is 2.85. The van der Waals surface area contributed by atoms with Crippen LogP contribution in [0.5, 0.6) is 0 Å². The van der Waals surface area contributed by atoms with E-state index < -0.39 is 5.91 Å². The van der Waals surface area contributed by atoms with E-state index >= 15 is 0 Å². The number of thiazole rings is 1. The van der Waals surface area contributed by atoms with Crippen molar-refractivity contribution in [1.29, 1.82) is 0 Å². The highest BCUT2D eigenvalue weighted by molar-refractivity contribution is 7.13. The fraction of sp³-hybridized carbons (Fsp3) is 0.188. The van der Waals surface area contributed by atoms with Crippen LogP contribution in [0.2, 0.25) is 0 Å². The first-order valence-electron chi connectivity index (χ1n) is 6.58. The number of nitrogens with one attached hydrogen (secondary N) is 1. The Balaban J connectivity index is 1.92. The van der Waals surface area contributed by atoms with Crippen LogP contribution >= 0.6 is 11.3 Å². The van der Waals surface area contributed by atoms with Gasteiger partial charge in [0.1, 0.15) is 4.88 Å². The van der Waals surface area contributed by atoms with E-state index in [1.807, 2.05) is 13.8 Å². The van der Waals surface area contributed by atoms with Crippen LogP contribution in [-0.2, 0) is 0 Å². The summed E-state index contributed by atoms with van der Waals surface area (Å²) in [5.41, 5.74) is 7.09. The van der Waals surface area contributed by atoms with Crippen LogP contribution < -0.4 is 11.1 Å². The van der Waals surface area contributed by atoms with Crippen molar-refractivity contribution in [3.8, 4) is 11.8 Å². The number of primary amides is 1. The monoisotopic (exact) mass is 313 g/mol. The molecule has 0 saturated heterocycles. The second-order valence-corrected chi connectivity index (χ2v) is 5.78. The van der Waals surface area contributed by atoms with Gasteiger partial charge in [0.15, 0.2) is 0 Å². The minimum Gasteiger partial charge on any atom is -0.366 e. The average molecular weight is 313 g/mol. The van der Waals surface area contributed by atoms with Crippen molar-refractivity contribution in [2.24, 2.45) is 5.73 Å². The molecule has 2 aromatic rings. The lowest BCUT2D eigenvalue weighted by Gasteiger charge is -1.98. The lowest BCUT2D eigenvalue weighted by atomic mass is 10.1. The molecule has 0 saturated carbocycles. The van der Waals surface area contributed by atoms with Gasteiger partial charge in [0.2, 0.25) is 5.91 Å². The molecule has 0 atom stereocenters. The second kappa shape index (κ2) is 6.87. The predicted molar refractivity (Wildman–Crippen MR) is 85.8 cm³/mol. The first kappa shape index (κ1) is 15.7. The molecule has 1 aromatic heterocycles. The predicted octanol–water partition coefficient (Wildman–Crippen LogP) is 1.64. The highest BCUT2D eigenvalue weighted by Crippen LogP contribution is 2.16.